The summed E-state index contributed by atoms with van der Waals surface area (Å²) in [5.74, 6) is -0.466. The van der Waals surface area contributed by atoms with Crippen LogP contribution in [0.25, 0.3) is 4.48 Å². The van der Waals surface area contributed by atoms with Crippen molar-refractivity contribution in [1.29, 1.82) is 0 Å². The second-order valence-corrected chi connectivity index (χ2v) is 8.08. The van der Waals surface area contributed by atoms with E-state index in [2.05, 4.69) is 37.2 Å². The Morgan fingerprint density at radius 2 is 1.48 bits per heavy atom. The SMILES string of the molecule is O=C(N/C(C(=O)N1CCCCC1)=C(/Br)c1ccccc1)c1ccc(Br)cc1. The summed E-state index contributed by atoms with van der Waals surface area (Å²) in [6.45, 7) is 1.43. The van der Waals surface area contributed by atoms with E-state index < -0.39 is 0 Å². The molecular formula is C21H20Br2N2O2. The maximum absolute atomic E-state index is 13.1. The van der Waals surface area contributed by atoms with Crippen LogP contribution in [0.15, 0.2) is 64.8 Å². The summed E-state index contributed by atoms with van der Waals surface area (Å²) in [6, 6.07) is 16.6. The largest absolute Gasteiger partial charge is 0.337 e. The normalized spacial score (nSPS) is 15.1. The van der Waals surface area contributed by atoms with Gasteiger partial charge in [0.1, 0.15) is 5.70 Å². The molecule has 0 atom stereocenters. The first-order valence-corrected chi connectivity index (χ1v) is 10.5. The molecule has 2 amide bonds. The molecule has 0 saturated carbocycles. The molecule has 140 valence electrons. The fraction of sp³-hybridized carbons (Fsp3) is 0.238. The molecule has 1 saturated heterocycles. The lowest BCUT2D eigenvalue weighted by molar-refractivity contribution is -0.128. The third-order valence-electron chi connectivity index (χ3n) is 4.45. The number of benzene rings is 2. The molecule has 6 heteroatoms. The predicted molar refractivity (Wildman–Crippen MR) is 114 cm³/mol. The molecule has 1 aliphatic heterocycles. The van der Waals surface area contributed by atoms with Crippen LogP contribution in [0.3, 0.4) is 0 Å². The first kappa shape index (κ1) is 19.8. The van der Waals surface area contributed by atoms with Gasteiger partial charge in [-0.1, -0.05) is 46.3 Å². The zero-order valence-corrected chi connectivity index (χ0v) is 17.9. The van der Waals surface area contributed by atoms with Crippen LogP contribution in [-0.2, 0) is 4.79 Å². The van der Waals surface area contributed by atoms with Gasteiger partial charge in [-0.15, -0.1) is 0 Å². The first-order chi connectivity index (χ1) is 13.1. The molecule has 0 aliphatic carbocycles. The lowest BCUT2D eigenvalue weighted by Gasteiger charge is -2.28. The van der Waals surface area contributed by atoms with Crippen LogP contribution in [0, 0.1) is 0 Å². The van der Waals surface area contributed by atoms with Crippen molar-refractivity contribution in [2.24, 2.45) is 0 Å². The molecule has 0 radical (unpaired) electrons. The van der Waals surface area contributed by atoms with Crippen molar-refractivity contribution in [3.05, 3.63) is 75.9 Å². The number of hydrogen-bond acceptors (Lipinski definition) is 2. The topological polar surface area (TPSA) is 49.4 Å². The van der Waals surface area contributed by atoms with Crippen LogP contribution in [0.2, 0.25) is 0 Å². The van der Waals surface area contributed by atoms with Gasteiger partial charge in [-0.25, -0.2) is 0 Å². The molecule has 4 nitrogen and oxygen atoms in total. The van der Waals surface area contributed by atoms with Gasteiger partial charge in [0, 0.05) is 23.1 Å². The monoisotopic (exact) mass is 490 g/mol. The van der Waals surface area contributed by atoms with Crippen molar-refractivity contribution in [2.45, 2.75) is 19.3 Å². The Balaban J connectivity index is 1.93. The van der Waals surface area contributed by atoms with Gasteiger partial charge in [0.25, 0.3) is 11.8 Å². The summed E-state index contributed by atoms with van der Waals surface area (Å²) in [5.41, 5.74) is 1.61. The zero-order valence-electron chi connectivity index (χ0n) is 14.8. The fourth-order valence-corrected chi connectivity index (χ4v) is 3.77. The van der Waals surface area contributed by atoms with Crippen molar-refractivity contribution in [2.75, 3.05) is 13.1 Å². The number of piperidine rings is 1. The Morgan fingerprint density at radius 1 is 0.852 bits per heavy atom. The minimum absolute atomic E-state index is 0.157. The van der Waals surface area contributed by atoms with Gasteiger partial charge in [0.2, 0.25) is 0 Å². The lowest BCUT2D eigenvalue weighted by Crippen LogP contribution is -2.41. The van der Waals surface area contributed by atoms with E-state index in [0.29, 0.717) is 23.1 Å². The molecule has 2 aromatic rings. The van der Waals surface area contributed by atoms with Crippen LogP contribution in [0.5, 0.6) is 0 Å². The molecule has 2 aromatic carbocycles. The number of amides is 2. The number of rotatable bonds is 4. The smallest absolute Gasteiger partial charge is 0.271 e. The molecule has 27 heavy (non-hydrogen) atoms. The molecular weight excluding hydrogens is 472 g/mol. The molecule has 0 spiro atoms. The van der Waals surface area contributed by atoms with E-state index in [-0.39, 0.29) is 17.5 Å². The van der Waals surface area contributed by atoms with E-state index in [4.69, 9.17) is 0 Å². The quantitative estimate of drug-likeness (QED) is 0.615. The third-order valence-corrected chi connectivity index (χ3v) is 5.83. The van der Waals surface area contributed by atoms with Crippen molar-refractivity contribution < 1.29 is 9.59 Å². The highest BCUT2D eigenvalue weighted by molar-refractivity contribution is 9.15. The maximum atomic E-state index is 13.1. The number of nitrogens with one attached hydrogen (secondary N) is 1. The number of carbonyl (C=O) groups is 2. The van der Waals surface area contributed by atoms with Crippen LogP contribution in [0.4, 0.5) is 0 Å². The number of nitrogens with zero attached hydrogens (tertiary/aromatic N) is 1. The fourth-order valence-electron chi connectivity index (χ4n) is 2.97. The van der Waals surface area contributed by atoms with E-state index in [1.54, 1.807) is 24.3 Å². The maximum Gasteiger partial charge on any atom is 0.271 e. The summed E-state index contributed by atoms with van der Waals surface area (Å²) in [7, 11) is 0. The van der Waals surface area contributed by atoms with Gasteiger partial charge in [-0.05, 0) is 65.0 Å². The standard InChI is InChI=1S/C21H20Br2N2O2/c22-17-11-9-16(10-12-17)20(26)24-19(18(23)15-7-3-1-4-8-15)21(27)25-13-5-2-6-14-25/h1,3-4,7-12H,2,5-6,13-14H2,(H,24,26)/b19-18+. The summed E-state index contributed by atoms with van der Waals surface area (Å²) < 4.78 is 1.48. The summed E-state index contributed by atoms with van der Waals surface area (Å²) in [4.78, 5) is 27.7. The molecule has 3 rings (SSSR count). The average Bonchev–Trinajstić information content (AvgIpc) is 2.72. The third kappa shape index (κ3) is 5.08. The Bertz CT molecular complexity index is 842. The van der Waals surface area contributed by atoms with Gasteiger partial charge in [-0.2, -0.15) is 0 Å². The Morgan fingerprint density at radius 3 is 2.11 bits per heavy atom. The van der Waals surface area contributed by atoms with Crippen molar-refractivity contribution in [3.63, 3.8) is 0 Å². The summed E-state index contributed by atoms with van der Waals surface area (Å²) in [5, 5.41) is 2.84. The van der Waals surface area contributed by atoms with E-state index in [1.807, 2.05) is 35.2 Å². The number of halogens is 2. The number of hydrogen-bond donors (Lipinski definition) is 1. The lowest BCUT2D eigenvalue weighted by atomic mass is 10.1. The van der Waals surface area contributed by atoms with Gasteiger partial charge < -0.3 is 10.2 Å². The number of carbonyl (C=O) groups excluding carboxylic acids is 2. The number of likely N-dealkylation sites (tertiary alicyclic amines) is 1. The Kier molecular flexibility index (Phi) is 6.85. The molecule has 1 N–H and O–H groups in total. The minimum atomic E-state index is -0.309. The molecule has 1 aliphatic rings. The van der Waals surface area contributed by atoms with E-state index in [9.17, 15) is 9.59 Å². The van der Waals surface area contributed by atoms with Crippen molar-refractivity contribution in [1.82, 2.24) is 10.2 Å². The molecule has 1 fully saturated rings. The highest BCUT2D eigenvalue weighted by Gasteiger charge is 2.25. The Labute approximate surface area is 175 Å². The second kappa shape index (κ2) is 9.33. The zero-order chi connectivity index (χ0) is 19.2. The predicted octanol–water partition coefficient (Wildman–Crippen LogP) is 4.96. The minimum Gasteiger partial charge on any atom is -0.337 e. The van der Waals surface area contributed by atoms with Crippen LogP contribution < -0.4 is 5.32 Å². The molecule has 0 aromatic heterocycles. The van der Waals surface area contributed by atoms with E-state index in [0.717, 1.165) is 29.3 Å². The van der Waals surface area contributed by atoms with E-state index >= 15 is 0 Å². The van der Waals surface area contributed by atoms with Crippen molar-refractivity contribution >= 4 is 48.2 Å². The van der Waals surface area contributed by atoms with Gasteiger partial charge in [0.05, 0.1) is 4.48 Å². The van der Waals surface area contributed by atoms with Crippen LogP contribution >= 0.6 is 31.9 Å². The van der Waals surface area contributed by atoms with Crippen LogP contribution in [0.1, 0.15) is 35.2 Å². The molecule has 0 unspecified atom stereocenters. The summed E-state index contributed by atoms with van der Waals surface area (Å²) >= 11 is 6.91. The van der Waals surface area contributed by atoms with Gasteiger partial charge in [-0.3, -0.25) is 9.59 Å². The van der Waals surface area contributed by atoms with Crippen LogP contribution in [-0.4, -0.2) is 29.8 Å². The Hall–Kier alpha value is -1.92. The molecule has 0 bridgehead atoms. The van der Waals surface area contributed by atoms with Gasteiger partial charge in [0.15, 0.2) is 0 Å². The molecule has 1 heterocycles. The van der Waals surface area contributed by atoms with Gasteiger partial charge >= 0.3 is 0 Å². The average molecular weight is 492 g/mol. The van der Waals surface area contributed by atoms with Crippen molar-refractivity contribution in [3.8, 4) is 0 Å². The highest BCUT2D eigenvalue weighted by atomic mass is 79.9. The first-order valence-electron chi connectivity index (χ1n) is 8.87. The van der Waals surface area contributed by atoms with E-state index in [1.165, 1.54) is 0 Å². The summed E-state index contributed by atoms with van der Waals surface area (Å²) in [6.07, 6.45) is 3.11. The second-order valence-electron chi connectivity index (χ2n) is 6.37. The highest BCUT2D eigenvalue weighted by Crippen LogP contribution is 2.26.